The number of hydrogen-bond donors (Lipinski definition) is 1. The molecule has 1 aliphatic rings. The second-order valence-corrected chi connectivity index (χ2v) is 5.06. The molecule has 134 valence electrons. The Balaban J connectivity index is 2.58. The van der Waals surface area contributed by atoms with Crippen LogP contribution in [0.5, 0.6) is 0 Å². The van der Waals surface area contributed by atoms with Gasteiger partial charge in [0.2, 0.25) is 0 Å². The van der Waals surface area contributed by atoms with Gasteiger partial charge in [-0.2, -0.15) is 13.2 Å². The highest BCUT2D eigenvalue weighted by Crippen LogP contribution is 2.38. The van der Waals surface area contributed by atoms with Crippen LogP contribution in [0.15, 0.2) is 48.0 Å². The van der Waals surface area contributed by atoms with Crippen molar-refractivity contribution in [3.05, 3.63) is 48.6 Å². The summed E-state index contributed by atoms with van der Waals surface area (Å²) >= 11 is 0. The number of aliphatic imine (C=N–C) groups is 1. The average molecular weight is 355 g/mol. The molecule has 25 heavy (non-hydrogen) atoms. The van der Waals surface area contributed by atoms with Gasteiger partial charge in [0.15, 0.2) is 0 Å². The van der Waals surface area contributed by atoms with E-state index in [0.29, 0.717) is 5.56 Å². The molecule has 9 heteroatoms. The maximum Gasteiger partial charge on any atom is 0.442 e. The van der Waals surface area contributed by atoms with Crippen molar-refractivity contribution in [3.8, 4) is 0 Å². The maximum absolute atomic E-state index is 13.7. The van der Waals surface area contributed by atoms with Crippen molar-refractivity contribution in [3.63, 3.8) is 0 Å². The van der Waals surface area contributed by atoms with Gasteiger partial charge in [0.1, 0.15) is 5.84 Å². The highest BCUT2D eigenvalue weighted by molar-refractivity contribution is 6.16. The van der Waals surface area contributed by atoms with Gasteiger partial charge in [0.05, 0.1) is 6.61 Å². The van der Waals surface area contributed by atoms with E-state index in [1.54, 1.807) is 23.5 Å². The third-order valence-corrected chi connectivity index (χ3v) is 3.40. The number of halogens is 3. The summed E-state index contributed by atoms with van der Waals surface area (Å²) in [7, 11) is 0. The highest BCUT2D eigenvalue weighted by Gasteiger charge is 2.67. The summed E-state index contributed by atoms with van der Waals surface area (Å²) in [6.07, 6.45) is -5.27. The van der Waals surface area contributed by atoms with Gasteiger partial charge in [0.25, 0.3) is 5.91 Å². The lowest BCUT2D eigenvalue weighted by molar-refractivity contribution is -0.196. The Morgan fingerprint density at radius 3 is 2.56 bits per heavy atom. The number of benzene rings is 1. The number of alkyl carbamates (subject to hydrolysis) is 1. The number of hydrogen-bond acceptors (Lipinski definition) is 4. The quantitative estimate of drug-likeness (QED) is 0.825. The van der Waals surface area contributed by atoms with E-state index in [4.69, 9.17) is 0 Å². The maximum atomic E-state index is 13.7. The van der Waals surface area contributed by atoms with Crippen molar-refractivity contribution in [1.29, 1.82) is 0 Å². The number of carbonyl (C=O) groups excluding carboxylic acids is 2. The van der Waals surface area contributed by atoms with Gasteiger partial charge in [-0.1, -0.05) is 36.4 Å². The molecule has 1 N–H and O–H groups in total. The van der Waals surface area contributed by atoms with Crippen LogP contribution in [-0.4, -0.2) is 47.7 Å². The van der Waals surface area contributed by atoms with Crippen molar-refractivity contribution >= 4 is 17.8 Å². The van der Waals surface area contributed by atoms with E-state index in [9.17, 15) is 22.8 Å². The molecule has 0 unspecified atom stereocenters. The standard InChI is InChI=1S/C16H16F3N3O3/c1-3-10-22-12(11-8-6-5-7-9-11)20-15(13(22)23,16(17,18)19)21-14(24)25-4-2/h3,5-9H,1,4,10H2,2H3,(H,21,24)/t15-/m1/s1. The lowest BCUT2D eigenvalue weighted by atomic mass is 10.1. The predicted molar refractivity (Wildman–Crippen MR) is 83.8 cm³/mol. The van der Waals surface area contributed by atoms with Crippen molar-refractivity contribution in [2.24, 2.45) is 4.99 Å². The van der Waals surface area contributed by atoms with E-state index >= 15 is 0 Å². The molecule has 1 aromatic rings. The van der Waals surface area contributed by atoms with Crippen molar-refractivity contribution in [2.75, 3.05) is 13.2 Å². The summed E-state index contributed by atoms with van der Waals surface area (Å²) in [6.45, 7) is 4.52. The van der Waals surface area contributed by atoms with Crippen LogP contribution in [0.4, 0.5) is 18.0 Å². The zero-order valence-electron chi connectivity index (χ0n) is 13.3. The van der Waals surface area contributed by atoms with Gasteiger partial charge in [-0.25, -0.2) is 9.79 Å². The number of amides is 2. The number of carbonyl (C=O) groups is 2. The Bertz CT molecular complexity index is 704. The monoisotopic (exact) mass is 355 g/mol. The number of nitrogens with zero attached hydrogens (tertiary/aromatic N) is 2. The average Bonchev–Trinajstić information content (AvgIpc) is 2.83. The summed E-state index contributed by atoms with van der Waals surface area (Å²) in [5.41, 5.74) is -3.14. The molecule has 0 bridgehead atoms. The number of ether oxygens (including phenoxy) is 1. The summed E-state index contributed by atoms with van der Waals surface area (Å²) < 4.78 is 45.7. The van der Waals surface area contributed by atoms with Crippen LogP contribution in [-0.2, 0) is 9.53 Å². The molecule has 2 rings (SSSR count). The molecule has 0 aromatic heterocycles. The molecule has 0 fully saturated rings. The van der Waals surface area contributed by atoms with E-state index in [2.05, 4.69) is 16.3 Å². The van der Waals surface area contributed by atoms with Gasteiger partial charge in [-0.3, -0.25) is 15.0 Å². The predicted octanol–water partition coefficient (Wildman–Crippen LogP) is 2.47. The SMILES string of the molecule is C=CCN1C(=O)[C@@](NC(=O)OCC)(C(F)(F)F)N=C1c1ccccc1. The second kappa shape index (κ2) is 6.96. The van der Waals surface area contributed by atoms with Crippen molar-refractivity contribution in [2.45, 2.75) is 18.8 Å². The fourth-order valence-electron chi connectivity index (χ4n) is 2.32. The minimum atomic E-state index is -5.16. The first-order valence-corrected chi connectivity index (χ1v) is 7.36. The smallest absolute Gasteiger partial charge is 0.442 e. The fraction of sp³-hybridized carbons (Fsp3) is 0.312. The van der Waals surface area contributed by atoms with Crippen LogP contribution in [0.25, 0.3) is 0 Å². The van der Waals surface area contributed by atoms with Gasteiger partial charge >= 0.3 is 17.9 Å². The van der Waals surface area contributed by atoms with Gasteiger partial charge in [-0.05, 0) is 6.92 Å². The van der Waals surface area contributed by atoms with E-state index < -0.39 is 23.8 Å². The molecule has 0 radical (unpaired) electrons. The Morgan fingerprint density at radius 2 is 2.04 bits per heavy atom. The molecule has 1 atom stereocenters. The lowest BCUT2D eigenvalue weighted by Gasteiger charge is -2.28. The molecule has 0 spiro atoms. The van der Waals surface area contributed by atoms with Crippen LogP contribution in [0.2, 0.25) is 0 Å². The lowest BCUT2D eigenvalue weighted by Crippen LogP contribution is -2.63. The zero-order valence-corrected chi connectivity index (χ0v) is 13.3. The fourth-order valence-corrected chi connectivity index (χ4v) is 2.32. The van der Waals surface area contributed by atoms with Crippen LogP contribution in [0.3, 0.4) is 0 Å². The highest BCUT2D eigenvalue weighted by atomic mass is 19.4. The number of nitrogens with one attached hydrogen (secondary N) is 1. The topological polar surface area (TPSA) is 71.0 Å². The van der Waals surface area contributed by atoms with Crippen molar-refractivity contribution in [1.82, 2.24) is 10.2 Å². The van der Waals surface area contributed by atoms with Crippen LogP contribution >= 0.6 is 0 Å². The van der Waals surface area contributed by atoms with Crippen LogP contribution in [0, 0.1) is 0 Å². The summed E-state index contributed by atoms with van der Waals surface area (Å²) in [6, 6.07) is 7.89. The molecule has 2 amide bonds. The molecule has 6 nitrogen and oxygen atoms in total. The minimum absolute atomic E-state index is 0.153. The first kappa shape index (κ1) is 18.5. The van der Waals surface area contributed by atoms with E-state index in [1.807, 2.05) is 0 Å². The third-order valence-electron chi connectivity index (χ3n) is 3.40. The molecule has 0 saturated heterocycles. The molecule has 1 heterocycles. The number of amidine groups is 1. The Hall–Kier alpha value is -2.84. The molecule has 1 aromatic carbocycles. The van der Waals surface area contributed by atoms with Gasteiger partial charge in [0, 0.05) is 12.1 Å². The third kappa shape index (κ3) is 3.35. The van der Waals surface area contributed by atoms with Gasteiger partial charge in [-0.15, -0.1) is 6.58 Å². The van der Waals surface area contributed by atoms with E-state index in [0.717, 1.165) is 4.90 Å². The Kier molecular flexibility index (Phi) is 5.15. The normalized spacial score (nSPS) is 20.2. The Morgan fingerprint density at radius 1 is 1.40 bits per heavy atom. The van der Waals surface area contributed by atoms with E-state index in [1.165, 1.54) is 25.1 Å². The second-order valence-electron chi connectivity index (χ2n) is 5.06. The molecule has 0 saturated carbocycles. The number of alkyl halides is 3. The van der Waals surface area contributed by atoms with Crippen LogP contribution < -0.4 is 5.32 Å². The molecule has 0 aliphatic carbocycles. The summed E-state index contributed by atoms with van der Waals surface area (Å²) in [4.78, 5) is 28.6. The van der Waals surface area contributed by atoms with E-state index in [-0.39, 0.29) is 19.0 Å². The first-order chi connectivity index (χ1) is 11.8. The first-order valence-electron chi connectivity index (χ1n) is 7.36. The Labute approximate surface area is 142 Å². The van der Waals surface area contributed by atoms with Gasteiger partial charge < -0.3 is 4.74 Å². The summed E-state index contributed by atoms with van der Waals surface area (Å²) in [5.74, 6) is -1.63. The molecular formula is C16H16F3N3O3. The van der Waals surface area contributed by atoms with Crippen LogP contribution in [0.1, 0.15) is 12.5 Å². The minimum Gasteiger partial charge on any atom is -0.450 e. The molecular weight excluding hydrogens is 339 g/mol. The van der Waals surface area contributed by atoms with Crippen molar-refractivity contribution < 1.29 is 27.5 Å². The number of rotatable bonds is 5. The molecule has 1 aliphatic heterocycles. The summed E-state index contributed by atoms with van der Waals surface area (Å²) in [5, 5.41) is 1.57. The largest absolute Gasteiger partial charge is 0.450 e. The zero-order chi connectivity index (χ0) is 18.7.